The smallest absolute Gasteiger partial charge is 0.374 e. The maximum atomic E-state index is 14.0. The topological polar surface area (TPSA) is 72.6 Å². The van der Waals surface area contributed by atoms with Gasteiger partial charge in [-0.25, -0.2) is 9.18 Å². The summed E-state index contributed by atoms with van der Waals surface area (Å²) >= 11 is 3.17. The van der Waals surface area contributed by atoms with Crippen molar-refractivity contribution in [2.24, 2.45) is 0 Å². The predicted molar refractivity (Wildman–Crippen MR) is 63.1 cm³/mol. The second kappa shape index (κ2) is 4.77. The van der Waals surface area contributed by atoms with E-state index < -0.39 is 11.8 Å². The third-order valence-corrected chi connectivity index (χ3v) is 2.91. The fourth-order valence-electron chi connectivity index (χ4n) is 1.42. The Morgan fingerprint density at radius 1 is 1.56 bits per heavy atom. The third-order valence-electron chi connectivity index (χ3n) is 2.25. The highest BCUT2D eigenvalue weighted by molar-refractivity contribution is 9.10. The van der Waals surface area contributed by atoms with Gasteiger partial charge >= 0.3 is 5.97 Å². The van der Waals surface area contributed by atoms with Gasteiger partial charge in [0.2, 0.25) is 5.76 Å². The molecule has 2 aromatic rings. The van der Waals surface area contributed by atoms with E-state index in [1.165, 1.54) is 13.2 Å². The summed E-state index contributed by atoms with van der Waals surface area (Å²) in [5, 5.41) is 12.2. The second-order valence-corrected chi connectivity index (χ2v) is 4.17. The van der Waals surface area contributed by atoms with Crippen LogP contribution in [0.3, 0.4) is 0 Å². The maximum absolute atomic E-state index is 14.0. The molecule has 2 rings (SSSR count). The fraction of sp³-hybridized carbons (Fsp3) is 0.0909. The number of methoxy groups -OCH3 is 1. The van der Waals surface area contributed by atoms with E-state index >= 15 is 0 Å². The van der Waals surface area contributed by atoms with Crippen LogP contribution in [0.5, 0.6) is 5.75 Å². The van der Waals surface area contributed by atoms with E-state index in [1.807, 2.05) is 0 Å². The minimum absolute atomic E-state index is 0.0353. The third kappa shape index (κ3) is 2.08. The first-order valence-corrected chi connectivity index (χ1v) is 5.56. The Morgan fingerprint density at radius 2 is 2.28 bits per heavy atom. The Balaban J connectivity index is 2.58. The molecule has 0 aliphatic rings. The number of ether oxygens (including phenoxy) is 1. The molecule has 7 heteroatoms. The number of carboxylic acid groups (broad SMARTS) is 1. The van der Waals surface area contributed by atoms with Crippen molar-refractivity contribution in [1.82, 2.24) is 5.16 Å². The van der Waals surface area contributed by atoms with E-state index in [9.17, 15) is 9.18 Å². The van der Waals surface area contributed by atoms with Crippen LogP contribution in [-0.2, 0) is 0 Å². The summed E-state index contributed by atoms with van der Waals surface area (Å²) in [4.78, 5) is 10.7. The standard InChI is InChI=1S/C11H7BrFNO4/c1-17-7-3-2-5(12)9(10(7)13)6-4-8(11(15)16)18-14-6/h2-4H,1H3,(H,15,16). The number of nitrogens with zero attached hydrogens (tertiary/aromatic N) is 1. The molecule has 0 spiro atoms. The van der Waals surface area contributed by atoms with E-state index in [1.54, 1.807) is 6.07 Å². The summed E-state index contributed by atoms with van der Waals surface area (Å²) in [6.45, 7) is 0. The van der Waals surface area contributed by atoms with Crippen LogP contribution in [0.4, 0.5) is 4.39 Å². The minimum Gasteiger partial charge on any atom is -0.494 e. The zero-order valence-electron chi connectivity index (χ0n) is 9.11. The molecule has 0 atom stereocenters. The average Bonchev–Trinajstić information content (AvgIpc) is 2.79. The summed E-state index contributed by atoms with van der Waals surface area (Å²) in [5.41, 5.74) is 0.168. The number of hydrogen-bond donors (Lipinski definition) is 1. The van der Waals surface area contributed by atoms with Crippen LogP contribution in [0, 0.1) is 5.82 Å². The van der Waals surface area contributed by atoms with Gasteiger partial charge in [-0.05, 0) is 28.1 Å². The first kappa shape index (κ1) is 12.6. The van der Waals surface area contributed by atoms with Gasteiger partial charge in [-0.2, -0.15) is 0 Å². The van der Waals surface area contributed by atoms with Crippen LogP contribution in [-0.4, -0.2) is 23.3 Å². The lowest BCUT2D eigenvalue weighted by Crippen LogP contribution is -1.93. The Hall–Kier alpha value is -1.89. The van der Waals surface area contributed by atoms with Crippen molar-refractivity contribution in [3.05, 3.63) is 34.2 Å². The molecule has 1 heterocycles. The van der Waals surface area contributed by atoms with E-state index in [2.05, 4.69) is 25.6 Å². The van der Waals surface area contributed by atoms with Crippen molar-refractivity contribution in [2.75, 3.05) is 7.11 Å². The molecule has 94 valence electrons. The molecule has 18 heavy (non-hydrogen) atoms. The molecular formula is C11H7BrFNO4. The SMILES string of the molecule is COc1ccc(Br)c(-c2cc(C(=O)O)on2)c1F. The molecule has 0 aliphatic carbocycles. The number of carboxylic acids is 1. The number of carbonyl (C=O) groups is 1. The van der Waals surface area contributed by atoms with E-state index in [0.29, 0.717) is 4.47 Å². The number of benzene rings is 1. The van der Waals surface area contributed by atoms with Crippen LogP contribution >= 0.6 is 15.9 Å². The lowest BCUT2D eigenvalue weighted by atomic mass is 10.1. The largest absolute Gasteiger partial charge is 0.494 e. The molecule has 0 saturated carbocycles. The van der Waals surface area contributed by atoms with Gasteiger partial charge in [0.05, 0.1) is 12.7 Å². The highest BCUT2D eigenvalue weighted by Crippen LogP contribution is 2.35. The Bertz CT molecular complexity index is 611. The molecule has 0 amide bonds. The number of halogens is 2. The van der Waals surface area contributed by atoms with Gasteiger partial charge in [0, 0.05) is 10.5 Å². The summed E-state index contributed by atoms with van der Waals surface area (Å²) in [6, 6.07) is 4.17. The Kier molecular flexibility index (Phi) is 3.33. The summed E-state index contributed by atoms with van der Waals surface area (Å²) in [7, 11) is 1.33. The molecule has 5 nitrogen and oxygen atoms in total. The molecule has 0 radical (unpaired) electrons. The monoisotopic (exact) mass is 315 g/mol. The Labute approximate surface area is 109 Å². The first-order valence-electron chi connectivity index (χ1n) is 4.77. The molecule has 0 bridgehead atoms. The fourth-order valence-corrected chi connectivity index (χ4v) is 1.93. The first-order chi connectivity index (χ1) is 8.54. The second-order valence-electron chi connectivity index (χ2n) is 3.32. The van der Waals surface area contributed by atoms with Crippen molar-refractivity contribution in [2.45, 2.75) is 0 Å². The van der Waals surface area contributed by atoms with Crippen LogP contribution in [0.2, 0.25) is 0 Å². The molecule has 0 aliphatic heterocycles. The number of hydrogen-bond acceptors (Lipinski definition) is 4. The summed E-state index contributed by atoms with van der Waals surface area (Å²) in [5.74, 6) is -2.24. The van der Waals surface area contributed by atoms with Crippen molar-refractivity contribution < 1.29 is 23.6 Å². The quantitative estimate of drug-likeness (QED) is 0.942. The van der Waals surface area contributed by atoms with Crippen molar-refractivity contribution >= 4 is 21.9 Å². The van der Waals surface area contributed by atoms with Gasteiger partial charge in [0.15, 0.2) is 11.6 Å². The van der Waals surface area contributed by atoms with Crippen molar-refractivity contribution in [1.29, 1.82) is 0 Å². The maximum Gasteiger partial charge on any atom is 0.374 e. The van der Waals surface area contributed by atoms with Gasteiger partial charge in [-0.3, -0.25) is 0 Å². The van der Waals surface area contributed by atoms with Crippen LogP contribution in [0.1, 0.15) is 10.6 Å². The normalized spacial score (nSPS) is 10.4. The van der Waals surface area contributed by atoms with Crippen molar-refractivity contribution in [3.63, 3.8) is 0 Å². The zero-order chi connectivity index (χ0) is 13.3. The number of aromatic nitrogens is 1. The molecule has 0 unspecified atom stereocenters. The number of aromatic carboxylic acids is 1. The van der Waals surface area contributed by atoms with E-state index in [0.717, 1.165) is 6.07 Å². The van der Waals surface area contributed by atoms with E-state index in [-0.39, 0.29) is 22.8 Å². The van der Waals surface area contributed by atoms with Gasteiger partial charge < -0.3 is 14.4 Å². The molecule has 1 aromatic heterocycles. The molecule has 0 fully saturated rings. The van der Waals surface area contributed by atoms with Gasteiger partial charge in [-0.15, -0.1) is 0 Å². The average molecular weight is 316 g/mol. The van der Waals surface area contributed by atoms with Gasteiger partial charge in [0.25, 0.3) is 0 Å². The summed E-state index contributed by atoms with van der Waals surface area (Å²) in [6.07, 6.45) is 0. The minimum atomic E-state index is -1.27. The Morgan fingerprint density at radius 3 is 2.83 bits per heavy atom. The van der Waals surface area contributed by atoms with Crippen LogP contribution in [0.15, 0.2) is 27.2 Å². The van der Waals surface area contributed by atoms with E-state index in [4.69, 9.17) is 9.84 Å². The highest BCUT2D eigenvalue weighted by atomic mass is 79.9. The highest BCUT2D eigenvalue weighted by Gasteiger charge is 2.20. The lowest BCUT2D eigenvalue weighted by molar-refractivity contribution is 0.0652. The van der Waals surface area contributed by atoms with Gasteiger partial charge in [-0.1, -0.05) is 5.16 Å². The van der Waals surface area contributed by atoms with Crippen LogP contribution in [0.25, 0.3) is 11.3 Å². The van der Waals surface area contributed by atoms with Crippen LogP contribution < -0.4 is 4.74 Å². The molecule has 1 N–H and O–H groups in total. The lowest BCUT2D eigenvalue weighted by Gasteiger charge is -2.06. The number of rotatable bonds is 3. The summed E-state index contributed by atoms with van der Waals surface area (Å²) < 4.78 is 23.9. The van der Waals surface area contributed by atoms with Gasteiger partial charge in [0.1, 0.15) is 5.69 Å². The molecule has 0 saturated heterocycles. The van der Waals surface area contributed by atoms with Crippen molar-refractivity contribution in [3.8, 4) is 17.0 Å². The zero-order valence-corrected chi connectivity index (χ0v) is 10.7. The molecular weight excluding hydrogens is 309 g/mol. The predicted octanol–water partition coefficient (Wildman–Crippen LogP) is 2.95. The molecule has 1 aromatic carbocycles.